The summed E-state index contributed by atoms with van der Waals surface area (Å²) in [6.45, 7) is 14.0. The van der Waals surface area contributed by atoms with Crippen LogP contribution < -0.4 is 16.0 Å². The van der Waals surface area contributed by atoms with Crippen LogP contribution in [0.3, 0.4) is 0 Å². The molecule has 1 aromatic rings. The average molecular weight is 589 g/mol. The molecule has 0 spiro atoms. The number of guanidine groups is 1. The van der Waals surface area contributed by atoms with Gasteiger partial charge in [0.2, 0.25) is 11.9 Å². The molecule has 11 heteroatoms. The zero-order chi connectivity index (χ0) is 31.5. The molecule has 1 aliphatic rings. The molecule has 1 aliphatic carbocycles. The van der Waals surface area contributed by atoms with Gasteiger partial charge in [-0.3, -0.25) is 20.2 Å². The lowest BCUT2D eigenvalue weighted by Crippen LogP contribution is -2.48. The van der Waals surface area contributed by atoms with E-state index in [0.717, 1.165) is 18.4 Å². The number of hydrogen-bond donors (Lipinski definition) is 3. The third kappa shape index (κ3) is 12.9. The van der Waals surface area contributed by atoms with Crippen LogP contribution in [0.15, 0.2) is 35.3 Å². The fourth-order valence-electron chi connectivity index (χ4n) is 4.81. The van der Waals surface area contributed by atoms with Gasteiger partial charge >= 0.3 is 18.2 Å². The van der Waals surface area contributed by atoms with Crippen LogP contribution in [0.25, 0.3) is 0 Å². The Hall–Kier alpha value is -3.63. The predicted molar refractivity (Wildman–Crippen MR) is 160 cm³/mol. The highest BCUT2D eigenvalue weighted by atomic mass is 16.6. The summed E-state index contributed by atoms with van der Waals surface area (Å²) in [7, 11) is 0. The quantitative estimate of drug-likeness (QED) is 0.155. The van der Waals surface area contributed by atoms with Crippen molar-refractivity contribution in [1.82, 2.24) is 16.0 Å². The fourth-order valence-corrected chi connectivity index (χ4v) is 4.81. The number of benzene rings is 1. The van der Waals surface area contributed by atoms with Gasteiger partial charge in [0.15, 0.2) is 0 Å². The molecule has 1 saturated carbocycles. The number of nitrogens with zero attached hydrogens (tertiary/aromatic N) is 1. The van der Waals surface area contributed by atoms with Crippen LogP contribution in [-0.4, -0.2) is 53.3 Å². The van der Waals surface area contributed by atoms with Crippen LogP contribution in [0.5, 0.6) is 0 Å². The standard InChI is InChI=1S/C31H48N4O7/c1-9-10-16-24(32-20(2)36)23-17-22(26(37)40-19-21-14-12-11-13-15-21)18-25(23)33-27(34-28(38)41-30(3,4)5)35-29(39)42-31(6,7)8/h11-15,22-25H,9-10,16-19H2,1-8H3,(H,32,36)(H2,33,34,35,38,39)/t22-,23-,24-,25+/m0/s1. The first-order valence-electron chi connectivity index (χ1n) is 14.6. The number of hydrogen-bond acceptors (Lipinski definition) is 8. The maximum absolute atomic E-state index is 13.2. The van der Waals surface area contributed by atoms with Crippen molar-refractivity contribution in [3.8, 4) is 0 Å². The largest absolute Gasteiger partial charge is 0.461 e. The smallest absolute Gasteiger partial charge is 0.414 e. The number of rotatable bonds is 9. The van der Waals surface area contributed by atoms with Crippen molar-refractivity contribution in [3.63, 3.8) is 0 Å². The molecule has 3 N–H and O–H groups in total. The van der Waals surface area contributed by atoms with Crippen molar-refractivity contribution >= 4 is 30.0 Å². The van der Waals surface area contributed by atoms with E-state index < -0.39 is 35.3 Å². The van der Waals surface area contributed by atoms with Crippen molar-refractivity contribution in [2.24, 2.45) is 16.8 Å². The van der Waals surface area contributed by atoms with E-state index in [1.807, 2.05) is 30.3 Å². The fraction of sp³-hybridized carbons (Fsp3) is 0.645. The Bertz CT molecular complexity index is 1060. The summed E-state index contributed by atoms with van der Waals surface area (Å²) in [5, 5.41) is 8.09. The third-order valence-corrected chi connectivity index (χ3v) is 6.44. The molecule has 2 rings (SSSR count). The van der Waals surface area contributed by atoms with E-state index in [0.29, 0.717) is 19.3 Å². The van der Waals surface area contributed by atoms with Gasteiger partial charge in [-0.2, -0.15) is 0 Å². The molecule has 0 aromatic heterocycles. The van der Waals surface area contributed by atoms with Crippen LogP contribution in [0, 0.1) is 11.8 Å². The average Bonchev–Trinajstić information content (AvgIpc) is 3.26. The SMILES string of the molecule is CCCC[C@H](NC(C)=O)[C@@H]1C[C@H](C(=O)OCc2ccccc2)C[C@H]1N=C(NC(=O)OC(C)(C)C)NC(=O)OC(C)(C)C. The van der Waals surface area contributed by atoms with Crippen LogP contribution in [0.1, 0.15) is 93.1 Å². The van der Waals surface area contributed by atoms with E-state index >= 15 is 0 Å². The number of carbonyl (C=O) groups is 4. The molecule has 0 radical (unpaired) electrons. The van der Waals surface area contributed by atoms with E-state index in [2.05, 4.69) is 22.9 Å². The van der Waals surface area contributed by atoms with Crippen molar-refractivity contribution < 1.29 is 33.4 Å². The maximum Gasteiger partial charge on any atom is 0.414 e. The molecule has 0 unspecified atom stereocenters. The van der Waals surface area contributed by atoms with E-state index in [1.54, 1.807) is 41.5 Å². The van der Waals surface area contributed by atoms with Gasteiger partial charge in [0.1, 0.15) is 17.8 Å². The number of carbonyl (C=O) groups excluding carboxylic acids is 4. The summed E-state index contributed by atoms with van der Waals surface area (Å²) in [6.07, 6.45) is 1.57. The molecule has 0 saturated heterocycles. The van der Waals surface area contributed by atoms with Crippen LogP contribution in [0.2, 0.25) is 0 Å². The predicted octanol–water partition coefficient (Wildman–Crippen LogP) is 5.22. The Morgan fingerprint density at radius 2 is 1.50 bits per heavy atom. The second kappa shape index (κ2) is 15.6. The molecule has 0 aliphatic heterocycles. The first-order chi connectivity index (χ1) is 19.6. The molecular formula is C31H48N4O7. The zero-order valence-electron chi connectivity index (χ0n) is 26.2. The van der Waals surface area contributed by atoms with Crippen molar-refractivity contribution in [2.45, 2.75) is 117 Å². The topological polar surface area (TPSA) is 144 Å². The summed E-state index contributed by atoms with van der Waals surface area (Å²) < 4.78 is 16.4. The van der Waals surface area contributed by atoms with Crippen LogP contribution in [-0.2, 0) is 30.4 Å². The van der Waals surface area contributed by atoms with Gasteiger partial charge in [-0.1, -0.05) is 50.1 Å². The monoisotopic (exact) mass is 588 g/mol. The van der Waals surface area contributed by atoms with Crippen LogP contribution in [0.4, 0.5) is 9.59 Å². The Balaban J connectivity index is 2.39. The van der Waals surface area contributed by atoms with Gasteiger partial charge in [-0.15, -0.1) is 0 Å². The first kappa shape index (κ1) is 34.6. The molecule has 1 fully saturated rings. The van der Waals surface area contributed by atoms with Crippen molar-refractivity contribution in [2.75, 3.05) is 0 Å². The number of amides is 3. The number of unbranched alkanes of at least 4 members (excludes halogenated alkanes) is 1. The molecular weight excluding hydrogens is 540 g/mol. The molecule has 11 nitrogen and oxygen atoms in total. The Kier molecular flexibility index (Phi) is 12.8. The highest BCUT2D eigenvalue weighted by Gasteiger charge is 2.43. The summed E-state index contributed by atoms with van der Waals surface area (Å²) in [4.78, 5) is 55.4. The van der Waals surface area contributed by atoms with E-state index in [1.165, 1.54) is 6.92 Å². The third-order valence-electron chi connectivity index (χ3n) is 6.44. The number of nitrogens with one attached hydrogen (secondary N) is 3. The summed E-state index contributed by atoms with van der Waals surface area (Å²) >= 11 is 0. The zero-order valence-corrected chi connectivity index (χ0v) is 26.2. The Labute approximate surface area is 249 Å². The van der Waals surface area contributed by atoms with E-state index in [-0.39, 0.29) is 36.4 Å². The molecule has 0 bridgehead atoms. The number of ether oxygens (including phenoxy) is 3. The minimum absolute atomic E-state index is 0.144. The van der Waals surface area contributed by atoms with Gasteiger partial charge in [-0.05, 0) is 66.4 Å². The maximum atomic E-state index is 13.2. The summed E-state index contributed by atoms with van der Waals surface area (Å²) in [6, 6.07) is 8.60. The Morgan fingerprint density at radius 3 is 2.00 bits per heavy atom. The van der Waals surface area contributed by atoms with Gasteiger partial charge in [-0.25, -0.2) is 14.6 Å². The minimum atomic E-state index is -0.810. The normalized spacial score (nSPS) is 19.2. The number of esters is 1. The Morgan fingerprint density at radius 1 is 0.929 bits per heavy atom. The lowest BCUT2D eigenvalue weighted by atomic mass is 9.90. The molecule has 0 heterocycles. The summed E-state index contributed by atoms with van der Waals surface area (Å²) in [5.41, 5.74) is -0.706. The van der Waals surface area contributed by atoms with Crippen molar-refractivity contribution in [1.29, 1.82) is 0 Å². The second-order valence-corrected chi connectivity index (χ2v) is 12.7. The van der Waals surface area contributed by atoms with Crippen molar-refractivity contribution in [3.05, 3.63) is 35.9 Å². The first-order valence-corrected chi connectivity index (χ1v) is 14.6. The highest BCUT2D eigenvalue weighted by Crippen LogP contribution is 2.38. The molecule has 234 valence electrons. The highest BCUT2D eigenvalue weighted by molar-refractivity contribution is 6.01. The minimum Gasteiger partial charge on any atom is -0.461 e. The van der Waals surface area contributed by atoms with Gasteiger partial charge in [0, 0.05) is 18.9 Å². The molecule has 1 aromatic carbocycles. The van der Waals surface area contributed by atoms with Gasteiger partial charge in [0.25, 0.3) is 0 Å². The second-order valence-electron chi connectivity index (χ2n) is 12.7. The lowest BCUT2D eigenvalue weighted by molar-refractivity contribution is -0.149. The molecule has 42 heavy (non-hydrogen) atoms. The van der Waals surface area contributed by atoms with Crippen LogP contribution >= 0.6 is 0 Å². The lowest BCUT2D eigenvalue weighted by Gasteiger charge is -2.28. The van der Waals surface area contributed by atoms with Gasteiger partial charge < -0.3 is 19.5 Å². The van der Waals surface area contributed by atoms with E-state index in [4.69, 9.17) is 19.2 Å². The summed E-state index contributed by atoms with van der Waals surface area (Å²) in [5.74, 6) is -1.46. The molecule has 4 atom stereocenters. The number of alkyl carbamates (subject to hydrolysis) is 2. The number of aliphatic imine (C=N–C) groups is 1. The van der Waals surface area contributed by atoms with Gasteiger partial charge in [0.05, 0.1) is 12.0 Å². The molecule has 3 amide bonds. The van der Waals surface area contributed by atoms with E-state index in [9.17, 15) is 19.2 Å².